The minimum atomic E-state index is -0.488. The molecular weight excluding hydrogens is 233 g/mol. The van der Waals surface area contributed by atoms with E-state index in [0.29, 0.717) is 10.0 Å². The molecule has 0 amide bonds. The SMILES string of the molecule is [CH2]C(CF)c1ccc(C#N)c(Br)c1. The van der Waals surface area contributed by atoms with Crippen molar-refractivity contribution < 1.29 is 4.39 Å². The van der Waals surface area contributed by atoms with E-state index >= 15 is 0 Å². The molecule has 3 heteroatoms. The molecule has 0 heterocycles. The van der Waals surface area contributed by atoms with Gasteiger partial charge in [0.15, 0.2) is 0 Å². The van der Waals surface area contributed by atoms with Crippen molar-refractivity contribution in [2.75, 3.05) is 6.67 Å². The van der Waals surface area contributed by atoms with Gasteiger partial charge >= 0.3 is 0 Å². The van der Waals surface area contributed by atoms with Crippen molar-refractivity contribution in [1.82, 2.24) is 0 Å². The van der Waals surface area contributed by atoms with Gasteiger partial charge in [0.1, 0.15) is 6.07 Å². The Bertz CT molecular complexity index is 343. The molecule has 1 unspecified atom stereocenters. The summed E-state index contributed by atoms with van der Waals surface area (Å²) in [5, 5.41) is 8.64. The maximum atomic E-state index is 12.2. The van der Waals surface area contributed by atoms with Crippen molar-refractivity contribution in [3.63, 3.8) is 0 Å². The van der Waals surface area contributed by atoms with E-state index in [9.17, 15) is 4.39 Å². The first kappa shape index (κ1) is 10.2. The van der Waals surface area contributed by atoms with Gasteiger partial charge in [0.05, 0.1) is 12.2 Å². The Kier molecular flexibility index (Phi) is 3.44. The number of halogens is 2. The third-order valence-electron chi connectivity index (χ3n) is 1.77. The predicted octanol–water partition coefficient (Wildman–Crippen LogP) is 3.21. The van der Waals surface area contributed by atoms with Gasteiger partial charge in [-0.2, -0.15) is 5.26 Å². The largest absolute Gasteiger partial charge is 0.250 e. The van der Waals surface area contributed by atoms with Gasteiger partial charge in [0.25, 0.3) is 0 Å². The lowest BCUT2D eigenvalue weighted by atomic mass is 10.0. The Morgan fingerprint density at radius 3 is 2.77 bits per heavy atom. The maximum absolute atomic E-state index is 12.2. The summed E-state index contributed by atoms with van der Waals surface area (Å²) < 4.78 is 12.9. The molecule has 0 spiro atoms. The molecule has 0 aromatic heterocycles. The molecule has 1 rings (SSSR count). The summed E-state index contributed by atoms with van der Waals surface area (Å²) in [7, 11) is 0. The molecule has 0 bridgehead atoms. The summed E-state index contributed by atoms with van der Waals surface area (Å²) in [6.45, 7) is 3.16. The minimum absolute atomic E-state index is 0.357. The van der Waals surface area contributed by atoms with Gasteiger partial charge in [-0.15, -0.1) is 0 Å². The number of alkyl halides is 1. The minimum Gasteiger partial charge on any atom is -0.250 e. The summed E-state index contributed by atoms with van der Waals surface area (Å²) in [6.07, 6.45) is 0. The standard InChI is InChI=1S/C10H8BrFN/c1-7(5-12)8-2-3-9(6-13)10(11)4-8/h2-4,7H,1,5H2. The van der Waals surface area contributed by atoms with Crippen molar-refractivity contribution in [3.8, 4) is 6.07 Å². The number of nitrogens with zero attached hydrogens (tertiary/aromatic N) is 1. The molecule has 0 aliphatic rings. The fraction of sp³-hybridized carbons (Fsp3) is 0.200. The first-order valence-electron chi connectivity index (χ1n) is 3.77. The number of nitriles is 1. The van der Waals surface area contributed by atoms with Crippen LogP contribution >= 0.6 is 15.9 Å². The Labute approximate surface area is 85.3 Å². The number of rotatable bonds is 2. The summed E-state index contributed by atoms with van der Waals surface area (Å²) >= 11 is 3.23. The van der Waals surface area contributed by atoms with E-state index in [1.165, 1.54) is 0 Å². The molecule has 1 atom stereocenters. The second-order valence-corrected chi connectivity index (χ2v) is 3.56. The second-order valence-electron chi connectivity index (χ2n) is 2.70. The van der Waals surface area contributed by atoms with Crippen LogP contribution in [0.3, 0.4) is 0 Å². The van der Waals surface area contributed by atoms with E-state index in [4.69, 9.17) is 5.26 Å². The molecule has 0 saturated heterocycles. The molecule has 0 aliphatic carbocycles. The molecule has 0 N–H and O–H groups in total. The van der Waals surface area contributed by atoms with E-state index in [-0.39, 0.29) is 5.92 Å². The highest BCUT2D eigenvalue weighted by Crippen LogP contribution is 2.22. The van der Waals surface area contributed by atoms with Crippen molar-refractivity contribution in [3.05, 3.63) is 40.7 Å². The van der Waals surface area contributed by atoms with Crippen LogP contribution in [0, 0.1) is 18.3 Å². The van der Waals surface area contributed by atoms with Crippen LogP contribution in [0.25, 0.3) is 0 Å². The van der Waals surface area contributed by atoms with Gasteiger partial charge in [-0.1, -0.05) is 6.07 Å². The Morgan fingerprint density at radius 1 is 1.62 bits per heavy atom. The summed E-state index contributed by atoms with van der Waals surface area (Å²) in [6, 6.07) is 7.13. The monoisotopic (exact) mass is 240 g/mol. The van der Waals surface area contributed by atoms with Crippen LogP contribution in [0.15, 0.2) is 22.7 Å². The molecule has 13 heavy (non-hydrogen) atoms. The number of benzene rings is 1. The van der Waals surface area contributed by atoms with Gasteiger partial charge in [-0.3, -0.25) is 4.39 Å². The van der Waals surface area contributed by atoms with Gasteiger partial charge in [-0.05, 0) is 40.5 Å². The van der Waals surface area contributed by atoms with Crippen molar-refractivity contribution >= 4 is 15.9 Å². The zero-order valence-electron chi connectivity index (χ0n) is 6.93. The van der Waals surface area contributed by atoms with E-state index in [1.54, 1.807) is 18.2 Å². The Balaban J connectivity index is 3.04. The topological polar surface area (TPSA) is 23.8 Å². The zero-order valence-corrected chi connectivity index (χ0v) is 8.51. The molecule has 0 fully saturated rings. The van der Waals surface area contributed by atoms with Crippen LogP contribution < -0.4 is 0 Å². The van der Waals surface area contributed by atoms with Gasteiger partial charge < -0.3 is 0 Å². The molecule has 1 aromatic rings. The van der Waals surface area contributed by atoms with E-state index in [1.807, 2.05) is 6.07 Å². The van der Waals surface area contributed by atoms with E-state index in [0.717, 1.165) is 5.56 Å². The van der Waals surface area contributed by atoms with Gasteiger partial charge in [-0.25, -0.2) is 0 Å². The van der Waals surface area contributed by atoms with Crippen molar-refractivity contribution in [2.24, 2.45) is 0 Å². The summed E-state index contributed by atoms with van der Waals surface area (Å²) in [5.74, 6) is -0.357. The van der Waals surface area contributed by atoms with Gasteiger partial charge in [0.2, 0.25) is 0 Å². The highest BCUT2D eigenvalue weighted by Gasteiger charge is 2.07. The molecule has 1 radical (unpaired) electrons. The number of hydrogen-bond acceptors (Lipinski definition) is 1. The lowest BCUT2D eigenvalue weighted by Crippen LogP contribution is -1.96. The average molecular weight is 241 g/mol. The maximum Gasteiger partial charge on any atom is 0.100 e. The van der Waals surface area contributed by atoms with Crippen LogP contribution in [-0.2, 0) is 0 Å². The third-order valence-corrected chi connectivity index (χ3v) is 2.43. The van der Waals surface area contributed by atoms with Crippen LogP contribution in [0.5, 0.6) is 0 Å². The Hall–Kier alpha value is -0.880. The highest BCUT2D eigenvalue weighted by molar-refractivity contribution is 9.10. The third kappa shape index (κ3) is 2.28. The molecular formula is C10H8BrFN. The zero-order chi connectivity index (χ0) is 9.84. The number of hydrogen-bond donors (Lipinski definition) is 0. The second kappa shape index (κ2) is 4.38. The first-order chi connectivity index (χ1) is 6.19. The molecule has 0 aliphatic heterocycles. The quantitative estimate of drug-likeness (QED) is 0.779. The Morgan fingerprint density at radius 2 is 2.31 bits per heavy atom. The molecule has 1 nitrogen and oxygen atoms in total. The average Bonchev–Trinajstić information content (AvgIpc) is 2.16. The van der Waals surface area contributed by atoms with Gasteiger partial charge in [0, 0.05) is 10.4 Å². The lowest BCUT2D eigenvalue weighted by molar-refractivity contribution is 0.465. The highest BCUT2D eigenvalue weighted by atomic mass is 79.9. The van der Waals surface area contributed by atoms with Crippen molar-refractivity contribution in [1.29, 1.82) is 5.26 Å². The lowest BCUT2D eigenvalue weighted by Gasteiger charge is -2.07. The molecule has 1 aromatic carbocycles. The summed E-state index contributed by atoms with van der Waals surface area (Å²) in [4.78, 5) is 0. The first-order valence-corrected chi connectivity index (χ1v) is 4.57. The van der Waals surface area contributed by atoms with E-state index in [2.05, 4.69) is 22.9 Å². The summed E-state index contributed by atoms with van der Waals surface area (Å²) in [5.41, 5.74) is 1.35. The smallest absolute Gasteiger partial charge is 0.100 e. The normalized spacial score (nSPS) is 12.2. The van der Waals surface area contributed by atoms with Crippen molar-refractivity contribution in [2.45, 2.75) is 5.92 Å². The van der Waals surface area contributed by atoms with Crippen LogP contribution in [-0.4, -0.2) is 6.67 Å². The van der Waals surface area contributed by atoms with Crippen LogP contribution in [0.4, 0.5) is 4.39 Å². The molecule has 67 valence electrons. The molecule has 0 saturated carbocycles. The predicted molar refractivity (Wildman–Crippen MR) is 52.9 cm³/mol. The fourth-order valence-corrected chi connectivity index (χ4v) is 1.45. The fourth-order valence-electron chi connectivity index (χ4n) is 0.965. The van der Waals surface area contributed by atoms with Crippen LogP contribution in [0.1, 0.15) is 17.0 Å². The van der Waals surface area contributed by atoms with Crippen LogP contribution in [0.2, 0.25) is 0 Å². The van der Waals surface area contributed by atoms with E-state index < -0.39 is 6.67 Å².